The van der Waals surface area contributed by atoms with Gasteiger partial charge in [0.1, 0.15) is 30.0 Å². The zero-order chi connectivity index (χ0) is 45.1. The Bertz CT molecular complexity index is 2290. The number of oxime groups is 1. The normalized spacial score (nSPS) is 29.4. The number of ether oxygens (including phenoxy) is 4. The largest absolute Gasteiger partial charge is 0.507 e. The fraction of sp³-hybridized carbons (Fsp3) is 0.422. The van der Waals surface area contributed by atoms with E-state index < -0.39 is 88.8 Å². The van der Waals surface area contributed by atoms with E-state index in [2.05, 4.69) is 26.4 Å². The molecule has 3 aliphatic heterocycles. The standard InChI is InChI=1S/C45H53BrN2O13/c1-21-11-10-12-22(2)44(56)48-35-30(19-47-59-20-28-13-15-29(46)16-14-28)39(53)32-33(40(35)54)38(52)26(6)42-34(32)43(55)45(8,61-42)58-18-17-31(57-9)23(3)41(60-27(7)49)25(5)37(51)24(4)36(21)50/h10-19,21,23-25,31,36-37,41,50-54H,20H2,1-9H3,(H,48,56)/b11-10-,18-17-,22-12-,47-19+/t21-,23+,24+,25+,31-,36-,37+,41+,45-/m0/s1. The number of hydrogen-bond acceptors (Lipinski definition) is 14. The first-order valence-corrected chi connectivity index (χ1v) is 20.5. The van der Waals surface area contributed by atoms with Gasteiger partial charge in [-0.1, -0.05) is 79.1 Å². The number of phenolic OH excluding ortho intramolecular Hbond substituents is 3. The predicted octanol–water partition coefficient (Wildman–Crippen LogP) is 7.07. The summed E-state index contributed by atoms with van der Waals surface area (Å²) in [5.41, 5.74) is 0.0678. The van der Waals surface area contributed by atoms with Crippen molar-refractivity contribution >= 4 is 56.3 Å². The van der Waals surface area contributed by atoms with Crippen LogP contribution in [0.25, 0.3) is 10.8 Å². The number of carbonyl (C=O) groups excluding carboxylic acids is 3. The molecule has 5 bridgehead atoms. The van der Waals surface area contributed by atoms with Crippen LogP contribution in [-0.4, -0.2) is 86.7 Å². The molecule has 3 aliphatic rings. The van der Waals surface area contributed by atoms with Gasteiger partial charge in [0.25, 0.3) is 11.7 Å². The highest BCUT2D eigenvalue weighted by atomic mass is 79.9. The molecule has 0 saturated heterocycles. The Hall–Kier alpha value is -5.42. The second kappa shape index (κ2) is 19.1. The molecule has 15 nitrogen and oxygen atoms in total. The summed E-state index contributed by atoms with van der Waals surface area (Å²) in [6, 6.07) is 7.25. The van der Waals surface area contributed by atoms with E-state index in [1.807, 2.05) is 12.1 Å². The average molecular weight is 910 g/mol. The van der Waals surface area contributed by atoms with E-state index in [1.54, 1.807) is 52.0 Å². The summed E-state index contributed by atoms with van der Waals surface area (Å²) >= 11 is 3.38. The van der Waals surface area contributed by atoms with Crippen LogP contribution in [0.4, 0.5) is 5.69 Å². The number of ketones is 1. The summed E-state index contributed by atoms with van der Waals surface area (Å²) in [7, 11) is 1.43. The number of fused-ring (bicyclic) bond motifs is 14. The van der Waals surface area contributed by atoms with Crippen LogP contribution in [0, 0.1) is 30.6 Å². The van der Waals surface area contributed by atoms with Crippen molar-refractivity contribution in [2.24, 2.45) is 28.8 Å². The number of carbonyl (C=O) groups is 3. The number of nitrogens with one attached hydrogen (secondary N) is 1. The fourth-order valence-corrected chi connectivity index (χ4v) is 7.92. The Balaban J connectivity index is 1.68. The van der Waals surface area contributed by atoms with Crippen LogP contribution >= 0.6 is 15.9 Å². The first kappa shape index (κ1) is 46.6. The van der Waals surface area contributed by atoms with Gasteiger partial charge in [-0.25, -0.2) is 0 Å². The molecule has 3 aromatic carbocycles. The van der Waals surface area contributed by atoms with Gasteiger partial charge in [-0.3, -0.25) is 14.4 Å². The second-order valence-corrected chi connectivity index (χ2v) is 16.7. The highest BCUT2D eigenvalue weighted by Gasteiger charge is 2.50. The van der Waals surface area contributed by atoms with Crippen molar-refractivity contribution < 1.29 is 63.7 Å². The number of phenols is 3. The molecule has 9 atom stereocenters. The lowest BCUT2D eigenvalue weighted by atomic mass is 9.78. The number of benzene rings is 3. The number of aromatic hydroxyl groups is 3. The van der Waals surface area contributed by atoms with Gasteiger partial charge in [0.05, 0.1) is 53.0 Å². The molecule has 0 aromatic heterocycles. The van der Waals surface area contributed by atoms with Gasteiger partial charge >= 0.3 is 11.8 Å². The van der Waals surface area contributed by atoms with E-state index in [0.29, 0.717) is 0 Å². The number of aliphatic hydroxyl groups is 2. The molecule has 6 N–H and O–H groups in total. The van der Waals surface area contributed by atoms with Crippen LogP contribution in [0.1, 0.15) is 75.5 Å². The lowest BCUT2D eigenvalue weighted by Gasteiger charge is -2.38. The Morgan fingerprint density at radius 1 is 0.951 bits per heavy atom. The molecular weight excluding hydrogens is 856 g/mol. The maximum absolute atomic E-state index is 14.4. The summed E-state index contributed by atoms with van der Waals surface area (Å²) in [5.74, 6) is -8.77. The van der Waals surface area contributed by atoms with E-state index in [9.17, 15) is 39.9 Å². The van der Waals surface area contributed by atoms with Crippen molar-refractivity contribution in [1.82, 2.24) is 0 Å². The number of methoxy groups -OCH3 is 1. The molecule has 3 aromatic rings. The highest BCUT2D eigenvalue weighted by molar-refractivity contribution is 9.10. The van der Waals surface area contributed by atoms with Gasteiger partial charge in [0, 0.05) is 65.6 Å². The molecule has 0 radical (unpaired) electrons. The Kier molecular flexibility index (Phi) is 14.6. The van der Waals surface area contributed by atoms with Crippen LogP contribution < -0.4 is 10.1 Å². The van der Waals surface area contributed by atoms with Gasteiger partial charge in [0.15, 0.2) is 5.75 Å². The van der Waals surface area contributed by atoms with Crippen molar-refractivity contribution in [2.45, 2.75) is 92.2 Å². The number of hydrogen-bond donors (Lipinski definition) is 6. The Morgan fingerprint density at radius 3 is 2.26 bits per heavy atom. The summed E-state index contributed by atoms with van der Waals surface area (Å²) in [5, 5.41) is 64.2. The smallest absolute Gasteiger partial charge is 0.312 e. The van der Waals surface area contributed by atoms with Gasteiger partial charge in [-0.05, 0) is 37.6 Å². The molecule has 328 valence electrons. The number of aliphatic hydroxyl groups excluding tert-OH is 2. The molecule has 0 unspecified atom stereocenters. The number of halogens is 1. The Morgan fingerprint density at radius 2 is 1.62 bits per heavy atom. The number of amides is 1. The second-order valence-electron chi connectivity index (χ2n) is 15.8. The maximum Gasteiger partial charge on any atom is 0.312 e. The third-order valence-electron chi connectivity index (χ3n) is 11.4. The van der Waals surface area contributed by atoms with E-state index >= 15 is 0 Å². The molecule has 61 heavy (non-hydrogen) atoms. The molecule has 1 amide bonds. The van der Waals surface area contributed by atoms with Crippen molar-refractivity contribution in [2.75, 3.05) is 12.4 Å². The molecular formula is C45H53BrN2O13. The summed E-state index contributed by atoms with van der Waals surface area (Å²) in [4.78, 5) is 46.0. The predicted molar refractivity (Wildman–Crippen MR) is 230 cm³/mol. The van der Waals surface area contributed by atoms with Gasteiger partial charge in [-0.2, -0.15) is 0 Å². The minimum absolute atomic E-state index is 0.0158. The van der Waals surface area contributed by atoms with Crippen molar-refractivity contribution in [3.8, 4) is 23.0 Å². The van der Waals surface area contributed by atoms with Gasteiger partial charge in [-0.15, -0.1) is 0 Å². The first-order valence-electron chi connectivity index (χ1n) is 19.7. The summed E-state index contributed by atoms with van der Waals surface area (Å²) in [6.45, 7) is 12.4. The molecule has 0 spiro atoms. The minimum atomic E-state index is -2.08. The van der Waals surface area contributed by atoms with Crippen LogP contribution in [-0.2, 0) is 35.2 Å². The number of esters is 1. The van der Waals surface area contributed by atoms with E-state index in [-0.39, 0.29) is 51.1 Å². The average Bonchev–Trinajstić information content (AvgIpc) is 3.49. The van der Waals surface area contributed by atoms with Gasteiger partial charge < -0.3 is 54.6 Å². The van der Waals surface area contributed by atoms with E-state index in [4.69, 9.17) is 23.8 Å². The highest BCUT2D eigenvalue weighted by Crippen LogP contribution is 2.55. The zero-order valence-electron chi connectivity index (χ0n) is 35.4. The van der Waals surface area contributed by atoms with Crippen LogP contribution in [0.2, 0.25) is 0 Å². The summed E-state index contributed by atoms with van der Waals surface area (Å²) in [6.07, 6.45) is 4.45. The Labute approximate surface area is 362 Å². The van der Waals surface area contributed by atoms with Crippen molar-refractivity contribution in [1.29, 1.82) is 0 Å². The summed E-state index contributed by atoms with van der Waals surface area (Å²) < 4.78 is 24.4. The minimum Gasteiger partial charge on any atom is -0.507 e. The van der Waals surface area contributed by atoms with Crippen LogP contribution in [0.15, 0.2) is 70.0 Å². The first-order chi connectivity index (χ1) is 28.7. The van der Waals surface area contributed by atoms with Gasteiger partial charge in [0.2, 0.25) is 0 Å². The zero-order valence-corrected chi connectivity index (χ0v) is 37.0. The maximum atomic E-state index is 14.4. The number of nitrogens with zero attached hydrogens (tertiary/aromatic N) is 1. The number of allylic oxidation sites excluding steroid dienone is 2. The van der Waals surface area contributed by atoms with E-state index in [1.165, 1.54) is 53.2 Å². The molecule has 0 saturated carbocycles. The molecule has 16 heteroatoms. The van der Waals surface area contributed by atoms with Crippen LogP contribution in [0.3, 0.4) is 0 Å². The fourth-order valence-electron chi connectivity index (χ4n) is 7.65. The lowest BCUT2D eigenvalue weighted by molar-refractivity contribution is -0.160. The monoisotopic (exact) mass is 908 g/mol. The quantitative estimate of drug-likeness (QED) is 0.0480. The third kappa shape index (κ3) is 9.57. The molecule has 3 heterocycles. The number of anilines is 1. The lowest BCUT2D eigenvalue weighted by Crippen LogP contribution is -2.46. The topological polar surface area (TPSA) is 223 Å². The molecule has 6 rings (SSSR count). The van der Waals surface area contributed by atoms with Crippen molar-refractivity contribution in [3.05, 3.63) is 87.1 Å². The molecule has 0 aliphatic carbocycles. The SMILES string of the molecule is CO[C@H]1/C=C\O[C@@]2(C)Oc3c(C)c(O)c4c(O)c(c(/C=N/OCc5ccc(Br)cc5)c(O)c4c3C2=O)NC(=O)/C(C)=C\C=C/[C@H](C)[C@H](O)[C@@H](C)[C@@H](O)[C@@H](C)[C@H](OC(C)=O)[C@@H]1C. The van der Waals surface area contributed by atoms with Crippen LogP contribution in [0.5, 0.6) is 23.0 Å². The van der Waals surface area contributed by atoms with Crippen molar-refractivity contribution in [3.63, 3.8) is 0 Å². The third-order valence-corrected chi connectivity index (χ3v) is 12.0. The number of rotatable bonds is 6. The molecule has 0 fully saturated rings. The van der Waals surface area contributed by atoms with E-state index in [0.717, 1.165) is 16.3 Å². The number of Topliss-reactive ketones (excluding diaryl/α,β-unsaturated/α-hetero) is 1.